The maximum absolute atomic E-state index is 12.3. The summed E-state index contributed by atoms with van der Waals surface area (Å²) in [5.74, 6) is -1.02. The molecule has 2 rings (SSSR count). The van der Waals surface area contributed by atoms with Gasteiger partial charge in [-0.05, 0) is 31.2 Å². The molecule has 1 aliphatic heterocycles. The first-order valence-corrected chi connectivity index (χ1v) is 8.36. The molecule has 1 aromatic carbocycles. The summed E-state index contributed by atoms with van der Waals surface area (Å²) in [7, 11) is -3.90. The Hall–Kier alpha value is -2.03. The van der Waals surface area contributed by atoms with Crippen LogP contribution in [0.4, 0.5) is 0 Å². The van der Waals surface area contributed by atoms with Crippen LogP contribution in [0.3, 0.4) is 0 Å². The highest BCUT2D eigenvalue weighted by Gasteiger charge is 2.30. The molecular weight excluding hydrogens is 322 g/mol. The molecule has 1 N–H and O–H groups in total. The van der Waals surface area contributed by atoms with Gasteiger partial charge in [0.2, 0.25) is 10.0 Å². The van der Waals surface area contributed by atoms with Crippen molar-refractivity contribution in [3.8, 4) is 0 Å². The number of ether oxygens (including phenoxy) is 2. The number of carbonyl (C=O) groups is 2. The maximum atomic E-state index is 12.3. The molecule has 0 fully saturated rings. The summed E-state index contributed by atoms with van der Waals surface area (Å²) in [4.78, 5) is 22.6. The molecule has 0 aliphatic carbocycles. The van der Waals surface area contributed by atoms with Gasteiger partial charge in [-0.15, -0.1) is 0 Å². The third-order valence-corrected chi connectivity index (χ3v) is 4.51. The van der Waals surface area contributed by atoms with E-state index >= 15 is 0 Å². The lowest BCUT2D eigenvalue weighted by atomic mass is 10.2. The number of hydrogen-bond acceptors (Lipinski definition) is 6. The Labute approximate surface area is 134 Å². The summed E-state index contributed by atoms with van der Waals surface area (Å²) in [5.41, 5.74) is 0.915. The molecule has 0 amide bonds. The van der Waals surface area contributed by atoms with E-state index < -0.39 is 34.1 Å². The average Bonchev–Trinajstić information content (AvgIpc) is 2.48. The molecule has 23 heavy (non-hydrogen) atoms. The van der Waals surface area contributed by atoms with Crippen LogP contribution in [0, 0.1) is 6.92 Å². The minimum Gasteiger partial charge on any atom is -0.463 e. The summed E-state index contributed by atoms with van der Waals surface area (Å²) in [6.45, 7) is 2.99. The number of nitrogens with one attached hydrogen (secondary N) is 1. The summed E-state index contributed by atoms with van der Waals surface area (Å²) in [6.07, 6.45) is 0.580. The number of esters is 1. The molecule has 0 spiro atoms. The Morgan fingerprint density at radius 3 is 2.57 bits per heavy atom. The monoisotopic (exact) mass is 339 g/mol. The van der Waals surface area contributed by atoms with E-state index in [4.69, 9.17) is 9.47 Å². The van der Waals surface area contributed by atoms with Gasteiger partial charge in [-0.2, -0.15) is 4.72 Å². The van der Waals surface area contributed by atoms with Crippen molar-refractivity contribution in [2.45, 2.75) is 31.1 Å². The van der Waals surface area contributed by atoms with Crippen molar-refractivity contribution in [3.05, 3.63) is 42.0 Å². The van der Waals surface area contributed by atoms with Gasteiger partial charge in [-0.25, -0.2) is 8.42 Å². The molecule has 0 radical (unpaired) electrons. The average molecular weight is 339 g/mol. The molecule has 7 nitrogen and oxygen atoms in total. The Bertz CT molecular complexity index is 723. The van der Waals surface area contributed by atoms with E-state index in [1.54, 1.807) is 12.1 Å². The zero-order chi connectivity index (χ0) is 17.0. The van der Waals surface area contributed by atoms with Crippen molar-refractivity contribution in [2.75, 3.05) is 6.61 Å². The van der Waals surface area contributed by atoms with Gasteiger partial charge in [-0.3, -0.25) is 9.59 Å². The Balaban J connectivity index is 2.08. The lowest BCUT2D eigenvalue weighted by molar-refractivity contribution is -0.147. The predicted molar refractivity (Wildman–Crippen MR) is 80.9 cm³/mol. The zero-order valence-corrected chi connectivity index (χ0v) is 13.5. The second-order valence-corrected chi connectivity index (χ2v) is 6.77. The van der Waals surface area contributed by atoms with E-state index in [0.29, 0.717) is 0 Å². The molecule has 0 aromatic heterocycles. The minimum absolute atomic E-state index is 0.0330. The normalized spacial score (nSPS) is 21.2. The van der Waals surface area contributed by atoms with Crippen LogP contribution in [-0.4, -0.2) is 39.1 Å². The number of benzene rings is 1. The van der Waals surface area contributed by atoms with Crippen molar-refractivity contribution in [3.63, 3.8) is 0 Å². The summed E-state index contributed by atoms with van der Waals surface area (Å²) < 4.78 is 36.9. The quantitative estimate of drug-likeness (QED) is 0.792. The lowest BCUT2D eigenvalue weighted by Crippen LogP contribution is -2.46. The maximum Gasteiger partial charge on any atom is 0.302 e. The highest BCUT2D eigenvalue weighted by atomic mass is 32.2. The first-order valence-electron chi connectivity index (χ1n) is 6.88. The van der Waals surface area contributed by atoms with Crippen LogP contribution in [0.15, 0.2) is 41.3 Å². The van der Waals surface area contributed by atoms with Gasteiger partial charge in [0.1, 0.15) is 12.7 Å². The largest absolute Gasteiger partial charge is 0.463 e. The second kappa shape index (κ2) is 7.03. The molecule has 0 saturated heterocycles. The van der Waals surface area contributed by atoms with Gasteiger partial charge >= 0.3 is 5.97 Å². The summed E-state index contributed by atoms with van der Waals surface area (Å²) >= 11 is 0. The van der Waals surface area contributed by atoms with Crippen LogP contribution in [0.1, 0.15) is 12.5 Å². The van der Waals surface area contributed by atoms with Crippen LogP contribution in [0.25, 0.3) is 0 Å². The van der Waals surface area contributed by atoms with Gasteiger partial charge in [0, 0.05) is 6.92 Å². The highest BCUT2D eigenvalue weighted by Crippen LogP contribution is 2.14. The van der Waals surface area contributed by atoms with Crippen molar-refractivity contribution >= 4 is 21.8 Å². The minimum atomic E-state index is -3.90. The molecular formula is C15H17NO6S. The van der Waals surface area contributed by atoms with Crippen LogP contribution < -0.4 is 4.72 Å². The number of carbonyl (C=O) groups excluding carboxylic acids is 2. The van der Waals surface area contributed by atoms with Crippen molar-refractivity contribution in [2.24, 2.45) is 0 Å². The zero-order valence-electron chi connectivity index (χ0n) is 12.7. The first kappa shape index (κ1) is 17.3. The summed E-state index contributed by atoms with van der Waals surface area (Å²) in [6, 6.07) is 6.19. The molecule has 8 heteroatoms. The third kappa shape index (κ3) is 4.72. The fraction of sp³-hybridized carbons (Fsp3) is 0.333. The smallest absolute Gasteiger partial charge is 0.302 e. The van der Waals surface area contributed by atoms with Crippen molar-refractivity contribution in [1.29, 1.82) is 0 Å². The van der Waals surface area contributed by atoms with Crippen LogP contribution >= 0.6 is 0 Å². The number of rotatable bonds is 5. The number of hydrogen-bond donors (Lipinski definition) is 1. The van der Waals surface area contributed by atoms with E-state index in [1.165, 1.54) is 31.2 Å². The SMILES string of the molecule is CC(=O)OC[C@@H]1C=CC(=O)C(NS(=O)(=O)c2ccc(C)cc2)O1. The van der Waals surface area contributed by atoms with Crippen molar-refractivity contribution < 1.29 is 27.5 Å². The number of ketones is 1. The van der Waals surface area contributed by atoms with E-state index in [0.717, 1.165) is 5.56 Å². The lowest BCUT2D eigenvalue weighted by Gasteiger charge is -2.25. The molecule has 1 heterocycles. The number of sulfonamides is 1. The van der Waals surface area contributed by atoms with E-state index in [2.05, 4.69) is 4.72 Å². The van der Waals surface area contributed by atoms with E-state index in [9.17, 15) is 18.0 Å². The molecule has 0 saturated carbocycles. The summed E-state index contributed by atoms with van der Waals surface area (Å²) in [5, 5.41) is 0. The van der Waals surface area contributed by atoms with Gasteiger partial charge in [0.15, 0.2) is 12.0 Å². The Morgan fingerprint density at radius 1 is 1.30 bits per heavy atom. The van der Waals surface area contributed by atoms with E-state index in [-0.39, 0.29) is 11.5 Å². The third-order valence-electron chi connectivity index (χ3n) is 3.09. The van der Waals surface area contributed by atoms with E-state index in [1.807, 2.05) is 6.92 Å². The van der Waals surface area contributed by atoms with Gasteiger partial charge in [0.25, 0.3) is 0 Å². The fourth-order valence-corrected chi connectivity index (χ4v) is 2.97. The Kier molecular flexibility index (Phi) is 5.30. The van der Waals surface area contributed by atoms with Crippen molar-refractivity contribution in [1.82, 2.24) is 4.72 Å². The highest BCUT2D eigenvalue weighted by molar-refractivity contribution is 7.89. The molecule has 2 atom stereocenters. The molecule has 1 unspecified atom stereocenters. The molecule has 0 bridgehead atoms. The fourth-order valence-electron chi connectivity index (χ4n) is 1.88. The second-order valence-electron chi connectivity index (χ2n) is 5.05. The molecule has 1 aliphatic rings. The Morgan fingerprint density at radius 2 is 1.96 bits per heavy atom. The number of aryl methyl sites for hydroxylation is 1. The van der Waals surface area contributed by atoms with Crippen LogP contribution in [-0.2, 0) is 29.1 Å². The van der Waals surface area contributed by atoms with Crippen LogP contribution in [0.5, 0.6) is 0 Å². The van der Waals surface area contributed by atoms with Gasteiger partial charge < -0.3 is 9.47 Å². The molecule has 1 aromatic rings. The predicted octanol–water partition coefficient (Wildman–Crippen LogP) is 0.687. The van der Waals surface area contributed by atoms with Gasteiger partial charge in [0.05, 0.1) is 4.90 Å². The topological polar surface area (TPSA) is 98.8 Å². The first-order chi connectivity index (χ1) is 10.8. The molecule has 124 valence electrons. The standard InChI is InChI=1S/C15H17NO6S/c1-10-3-6-13(7-4-10)23(19,20)16-15-14(18)8-5-12(22-15)9-21-11(2)17/h3-8,12,15-16H,9H2,1-2H3/t12-,15?/m0/s1. The van der Waals surface area contributed by atoms with Crippen LogP contribution in [0.2, 0.25) is 0 Å². The van der Waals surface area contributed by atoms with Gasteiger partial charge in [-0.1, -0.05) is 17.7 Å².